The summed E-state index contributed by atoms with van der Waals surface area (Å²) in [4.78, 5) is 38.3. The quantitative estimate of drug-likeness (QED) is 0.197. The van der Waals surface area contributed by atoms with Gasteiger partial charge in [0.05, 0.1) is 12.6 Å². The van der Waals surface area contributed by atoms with E-state index in [1.165, 1.54) is 0 Å². The van der Waals surface area contributed by atoms with Gasteiger partial charge in [0, 0.05) is 25.1 Å². The van der Waals surface area contributed by atoms with Crippen molar-refractivity contribution in [3.05, 3.63) is 71.8 Å². The molecule has 0 N–H and O–H groups in total. The zero-order chi connectivity index (χ0) is 24.3. The summed E-state index contributed by atoms with van der Waals surface area (Å²) in [5.41, 5.74) is 3.92. The standard InChI is InChI=1S/C28H33NO5/c1-3-34-28(32)20-33-18-7-6-17-29-24(14-16-27(29)31)13-15-26(30)23-11-8-10-22(19-23)25-12-5-4-9-21(25)2/h4-5,8-13,15,19,24H,3,6-7,14,16-18,20H2,1-2H3/b15-13+/t24-/m0/s1. The number of benzene rings is 2. The smallest absolute Gasteiger partial charge is 0.332 e. The number of hydrogen-bond donors (Lipinski definition) is 0. The van der Waals surface area contributed by atoms with E-state index in [2.05, 4.69) is 19.1 Å². The molecule has 6 nitrogen and oxygen atoms in total. The molecule has 0 aromatic heterocycles. The van der Waals surface area contributed by atoms with E-state index in [1.807, 2.05) is 47.4 Å². The molecule has 2 aromatic rings. The van der Waals surface area contributed by atoms with Crippen molar-refractivity contribution in [2.75, 3.05) is 26.4 Å². The molecule has 0 unspecified atom stereocenters. The molecular weight excluding hydrogens is 430 g/mol. The van der Waals surface area contributed by atoms with Crippen molar-refractivity contribution >= 4 is 17.7 Å². The van der Waals surface area contributed by atoms with Crippen LogP contribution in [0.3, 0.4) is 0 Å². The molecular formula is C28H33NO5. The summed E-state index contributed by atoms with van der Waals surface area (Å²) < 4.78 is 10.1. The lowest BCUT2D eigenvalue weighted by molar-refractivity contribution is -0.148. The van der Waals surface area contributed by atoms with Crippen LogP contribution in [0.2, 0.25) is 0 Å². The van der Waals surface area contributed by atoms with E-state index in [-0.39, 0.29) is 30.3 Å². The SMILES string of the molecule is CCOC(=O)COCCCCN1C(=O)CC[C@@H]1/C=C/C(=O)c1cccc(-c2ccccc2C)c1. The highest BCUT2D eigenvalue weighted by Gasteiger charge is 2.28. The Kier molecular flexibility index (Phi) is 9.59. The number of carbonyl (C=O) groups is 3. The molecule has 0 radical (unpaired) electrons. The molecule has 0 spiro atoms. The Morgan fingerprint density at radius 3 is 2.74 bits per heavy atom. The number of ketones is 1. The zero-order valence-electron chi connectivity index (χ0n) is 20.0. The normalized spacial score (nSPS) is 15.8. The summed E-state index contributed by atoms with van der Waals surface area (Å²) in [5.74, 6) is -0.324. The fourth-order valence-corrected chi connectivity index (χ4v) is 4.12. The van der Waals surface area contributed by atoms with Gasteiger partial charge in [-0.2, -0.15) is 0 Å². The minimum absolute atomic E-state index is 0.0466. The maximum atomic E-state index is 12.8. The highest BCUT2D eigenvalue weighted by Crippen LogP contribution is 2.25. The predicted octanol–water partition coefficient (Wildman–Crippen LogP) is 4.75. The van der Waals surface area contributed by atoms with E-state index < -0.39 is 0 Å². The van der Waals surface area contributed by atoms with Crippen LogP contribution in [0, 0.1) is 6.92 Å². The van der Waals surface area contributed by atoms with Gasteiger partial charge >= 0.3 is 5.97 Å². The maximum absolute atomic E-state index is 12.8. The fourth-order valence-electron chi connectivity index (χ4n) is 4.12. The Balaban J connectivity index is 1.52. The third kappa shape index (κ3) is 7.12. The number of ether oxygens (including phenoxy) is 2. The zero-order valence-corrected chi connectivity index (χ0v) is 20.0. The lowest BCUT2D eigenvalue weighted by Gasteiger charge is -2.22. The van der Waals surface area contributed by atoms with E-state index in [9.17, 15) is 14.4 Å². The summed E-state index contributed by atoms with van der Waals surface area (Å²) in [6.07, 6.45) is 6.16. The number of likely N-dealkylation sites (tertiary alicyclic amines) is 1. The third-order valence-electron chi connectivity index (χ3n) is 5.91. The highest BCUT2D eigenvalue weighted by atomic mass is 16.6. The van der Waals surface area contributed by atoms with Crippen molar-refractivity contribution in [2.45, 2.75) is 45.6 Å². The van der Waals surface area contributed by atoms with Crippen molar-refractivity contribution in [3.63, 3.8) is 0 Å². The van der Waals surface area contributed by atoms with E-state index >= 15 is 0 Å². The van der Waals surface area contributed by atoms with Gasteiger partial charge in [0.15, 0.2) is 5.78 Å². The van der Waals surface area contributed by atoms with Gasteiger partial charge in [-0.15, -0.1) is 0 Å². The largest absolute Gasteiger partial charge is 0.464 e. The van der Waals surface area contributed by atoms with Crippen molar-refractivity contribution in [1.29, 1.82) is 0 Å². The Bertz CT molecular complexity index is 1030. The number of nitrogens with zero attached hydrogens (tertiary/aromatic N) is 1. The summed E-state index contributed by atoms with van der Waals surface area (Å²) in [6.45, 7) is 5.16. The molecule has 6 heteroatoms. The molecule has 3 rings (SSSR count). The number of unbranched alkanes of at least 4 members (excludes halogenated alkanes) is 1. The number of amides is 1. The second-order valence-corrected chi connectivity index (χ2v) is 8.38. The van der Waals surface area contributed by atoms with E-state index in [1.54, 1.807) is 13.0 Å². The number of aryl methyl sites for hydroxylation is 1. The summed E-state index contributed by atoms with van der Waals surface area (Å²) >= 11 is 0. The highest BCUT2D eigenvalue weighted by molar-refractivity contribution is 6.05. The lowest BCUT2D eigenvalue weighted by atomic mass is 9.97. The van der Waals surface area contributed by atoms with Gasteiger partial charge in [-0.3, -0.25) is 9.59 Å². The monoisotopic (exact) mass is 463 g/mol. The van der Waals surface area contributed by atoms with Gasteiger partial charge in [0.25, 0.3) is 0 Å². The number of carbonyl (C=O) groups excluding carboxylic acids is 3. The van der Waals surface area contributed by atoms with Crippen LogP contribution in [-0.4, -0.2) is 55.0 Å². The van der Waals surface area contributed by atoms with E-state index in [0.29, 0.717) is 38.2 Å². The van der Waals surface area contributed by atoms with Gasteiger partial charge in [-0.05, 0) is 61.9 Å². The van der Waals surface area contributed by atoms with Gasteiger partial charge < -0.3 is 14.4 Å². The van der Waals surface area contributed by atoms with Gasteiger partial charge in [-0.25, -0.2) is 4.79 Å². The van der Waals surface area contributed by atoms with Gasteiger partial charge in [0.1, 0.15) is 6.61 Å². The Hall–Kier alpha value is -3.25. The summed E-state index contributed by atoms with van der Waals surface area (Å²) in [7, 11) is 0. The molecule has 0 aliphatic carbocycles. The molecule has 0 saturated carbocycles. The van der Waals surface area contributed by atoms with Crippen LogP contribution in [0.5, 0.6) is 0 Å². The van der Waals surface area contributed by atoms with Crippen LogP contribution in [-0.2, 0) is 19.1 Å². The van der Waals surface area contributed by atoms with Crippen LogP contribution < -0.4 is 0 Å². The van der Waals surface area contributed by atoms with Crippen molar-refractivity contribution < 1.29 is 23.9 Å². The number of esters is 1. The molecule has 1 amide bonds. The Morgan fingerprint density at radius 2 is 1.94 bits per heavy atom. The summed E-state index contributed by atoms with van der Waals surface area (Å²) in [6, 6.07) is 15.7. The van der Waals surface area contributed by atoms with Crippen LogP contribution in [0.4, 0.5) is 0 Å². The Labute approximate surface area is 201 Å². The Morgan fingerprint density at radius 1 is 1.12 bits per heavy atom. The van der Waals surface area contributed by atoms with E-state index in [4.69, 9.17) is 9.47 Å². The molecule has 180 valence electrons. The fraction of sp³-hybridized carbons (Fsp3) is 0.393. The van der Waals surface area contributed by atoms with Gasteiger partial charge in [0.2, 0.25) is 5.91 Å². The van der Waals surface area contributed by atoms with Crippen LogP contribution in [0.25, 0.3) is 11.1 Å². The second-order valence-electron chi connectivity index (χ2n) is 8.38. The van der Waals surface area contributed by atoms with Crippen molar-refractivity contribution in [2.24, 2.45) is 0 Å². The molecule has 1 heterocycles. The summed E-state index contributed by atoms with van der Waals surface area (Å²) in [5, 5.41) is 0. The second kappa shape index (κ2) is 12.8. The van der Waals surface area contributed by atoms with Gasteiger partial charge in [-0.1, -0.05) is 48.5 Å². The van der Waals surface area contributed by atoms with Crippen LogP contribution in [0.15, 0.2) is 60.7 Å². The number of allylic oxidation sites excluding steroid dienone is 1. The van der Waals surface area contributed by atoms with Crippen molar-refractivity contribution in [1.82, 2.24) is 4.90 Å². The maximum Gasteiger partial charge on any atom is 0.332 e. The van der Waals surface area contributed by atoms with Crippen LogP contribution in [0.1, 0.15) is 48.5 Å². The molecule has 1 aliphatic rings. The first-order valence-electron chi connectivity index (χ1n) is 11.9. The minimum Gasteiger partial charge on any atom is -0.464 e. The molecule has 34 heavy (non-hydrogen) atoms. The topological polar surface area (TPSA) is 72.9 Å². The third-order valence-corrected chi connectivity index (χ3v) is 5.91. The number of rotatable bonds is 12. The van der Waals surface area contributed by atoms with E-state index in [0.717, 1.165) is 29.5 Å². The molecule has 1 atom stereocenters. The molecule has 0 bridgehead atoms. The first kappa shape index (κ1) is 25.4. The average Bonchev–Trinajstić information content (AvgIpc) is 3.19. The number of hydrogen-bond acceptors (Lipinski definition) is 5. The van der Waals surface area contributed by atoms with Crippen molar-refractivity contribution in [3.8, 4) is 11.1 Å². The first-order chi connectivity index (χ1) is 16.5. The molecule has 1 fully saturated rings. The van der Waals surface area contributed by atoms with Crippen LogP contribution >= 0.6 is 0 Å². The molecule has 1 aliphatic heterocycles. The average molecular weight is 464 g/mol. The predicted molar refractivity (Wildman–Crippen MR) is 132 cm³/mol. The molecule has 1 saturated heterocycles. The lowest BCUT2D eigenvalue weighted by Crippen LogP contribution is -2.32. The molecule has 2 aromatic carbocycles. The minimum atomic E-state index is -0.364. The first-order valence-corrected chi connectivity index (χ1v) is 11.9.